The molecule has 1 atom stereocenters. The molecule has 0 radical (unpaired) electrons. The summed E-state index contributed by atoms with van der Waals surface area (Å²) in [6.07, 6.45) is 2.49. The van der Waals surface area contributed by atoms with Crippen molar-refractivity contribution < 1.29 is 9.53 Å². The van der Waals surface area contributed by atoms with Crippen LogP contribution in [0.4, 0.5) is 5.13 Å². The molecule has 19 heavy (non-hydrogen) atoms. The zero-order valence-electron chi connectivity index (χ0n) is 12.0. The second-order valence-electron chi connectivity index (χ2n) is 5.05. The summed E-state index contributed by atoms with van der Waals surface area (Å²) in [6, 6.07) is 0.579. The van der Waals surface area contributed by atoms with Crippen molar-refractivity contribution in [3.63, 3.8) is 0 Å². The predicted molar refractivity (Wildman–Crippen MR) is 77.1 cm³/mol. The molecule has 2 heterocycles. The second kappa shape index (κ2) is 5.88. The number of anilines is 1. The van der Waals surface area contributed by atoms with Crippen LogP contribution in [0.5, 0.6) is 0 Å². The van der Waals surface area contributed by atoms with Gasteiger partial charge in [0.1, 0.15) is 0 Å². The summed E-state index contributed by atoms with van der Waals surface area (Å²) < 4.78 is 4.74. The Labute approximate surface area is 118 Å². The summed E-state index contributed by atoms with van der Waals surface area (Å²) in [5, 5.41) is 0.887. The molecule has 0 aliphatic carbocycles. The smallest absolute Gasteiger partial charge is 0.357 e. The van der Waals surface area contributed by atoms with Gasteiger partial charge >= 0.3 is 5.97 Å². The topological polar surface area (TPSA) is 45.7 Å². The molecule has 1 saturated heterocycles. The fraction of sp³-hybridized carbons (Fsp3) is 0.692. The van der Waals surface area contributed by atoms with Crippen LogP contribution in [0.25, 0.3) is 0 Å². The molecule has 0 spiro atoms. The number of nitrogens with zero attached hydrogens (tertiary/aromatic N) is 3. The molecule has 1 aromatic heterocycles. The summed E-state index contributed by atoms with van der Waals surface area (Å²) >= 11 is 1.55. The minimum atomic E-state index is -0.355. The third kappa shape index (κ3) is 3.06. The van der Waals surface area contributed by atoms with Crippen LogP contribution in [0.15, 0.2) is 0 Å². The average molecular weight is 283 g/mol. The van der Waals surface area contributed by atoms with Gasteiger partial charge in [0.05, 0.1) is 7.11 Å². The van der Waals surface area contributed by atoms with Crippen molar-refractivity contribution in [3.05, 3.63) is 10.6 Å². The molecule has 1 aromatic rings. The molecule has 1 aliphatic heterocycles. The molecule has 0 N–H and O–H groups in total. The summed E-state index contributed by atoms with van der Waals surface area (Å²) in [7, 11) is 5.59. The second-order valence-corrected chi connectivity index (χ2v) is 6.23. The maximum Gasteiger partial charge on any atom is 0.357 e. The van der Waals surface area contributed by atoms with Crippen LogP contribution in [0.2, 0.25) is 0 Å². The van der Waals surface area contributed by atoms with Gasteiger partial charge in [-0.15, -0.1) is 11.3 Å². The molecule has 6 heteroatoms. The Kier molecular flexibility index (Phi) is 4.42. The molecular weight excluding hydrogens is 262 g/mol. The first kappa shape index (κ1) is 14.3. The maximum atomic E-state index is 11.6. The van der Waals surface area contributed by atoms with E-state index in [-0.39, 0.29) is 5.97 Å². The van der Waals surface area contributed by atoms with E-state index in [0.717, 1.165) is 16.6 Å². The van der Waals surface area contributed by atoms with Gasteiger partial charge < -0.3 is 14.5 Å². The lowest BCUT2D eigenvalue weighted by Gasteiger charge is -2.25. The van der Waals surface area contributed by atoms with E-state index in [9.17, 15) is 4.79 Å². The first-order valence-electron chi connectivity index (χ1n) is 6.50. The Morgan fingerprint density at radius 3 is 2.95 bits per heavy atom. The van der Waals surface area contributed by atoms with Crippen molar-refractivity contribution in [1.82, 2.24) is 9.88 Å². The minimum absolute atomic E-state index is 0.355. The number of rotatable bonds is 4. The first-order valence-corrected chi connectivity index (χ1v) is 7.31. The molecule has 106 valence electrons. The van der Waals surface area contributed by atoms with E-state index in [4.69, 9.17) is 4.74 Å². The zero-order chi connectivity index (χ0) is 14.0. The highest BCUT2D eigenvalue weighted by molar-refractivity contribution is 7.15. The van der Waals surface area contributed by atoms with E-state index in [2.05, 4.69) is 21.8 Å². The van der Waals surface area contributed by atoms with Gasteiger partial charge in [-0.3, -0.25) is 0 Å². The van der Waals surface area contributed by atoms with Gasteiger partial charge in [0, 0.05) is 24.5 Å². The van der Waals surface area contributed by atoms with Crippen LogP contribution in [0.1, 0.15) is 28.2 Å². The van der Waals surface area contributed by atoms with E-state index in [1.54, 1.807) is 11.3 Å². The van der Waals surface area contributed by atoms with Crippen molar-refractivity contribution in [1.29, 1.82) is 0 Å². The van der Waals surface area contributed by atoms with E-state index < -0.39 is 0 Å². The van der Waals surface area contributed by atoms with Crippen LogP contribution in [0.3, 0.4) is 0 Å². The lowest BCUT2D eigenvalue weighted by atomic mass is 10.2. The third-order valence-electron chi connectivity index (χ3n) is 3.65. The van der Waals surface area contributed by atoms with Crippen LogP contribution < -0.4 is 4.90 Å². The van der Waals surface area contributed by atoms with E-state index >= 15 is 0 Å². The van der Waals surface area contributed by atoms with Crippen molar-refractivity contribution in [2.24, 2.45) is 0 Å². The monoisotopic (exact) mass is 283 g/mol. The van der Waals surface area contributed by atoms with Crippen molar-refractivity contribution >= 4 is 22.4 Å². The predicted octanol–water partition coefficient (Wildman–Crippen LogP) is 1.77. The lowest BCUT2D eigenvalue weighted by molar-refractivity contribution is 0.0594. The Bertz CT molecular complexity index is 461. The number of aromatic nitrogens is 1. The SMILES string of the molecule is COC(=O)c1nc(N(C)CC2CCCN2C)sc1C. The Balaban J connectivity index is 2.07. The largest absolute Gasteiger partial charge is 0.464 e. The number of likely N-dealkylation sites (N-methyl/N-ethyl adjacent to an activating group) is 2. The number of likely N-dealkylation sites (tertiary alicyclic amines) is 1. The van der Waals surface area contributed by atoms with Crippen LogP contribution in [0, 0.1) is 6.92 Å². The number of hydrogen-bond acceptors (Lipinski definition) is 6. The molecular formula is C13H21N3O2S. The minimum Gasteiger partial charge on any atom is -0.464 e. The summed E-state index contributed by atoms with van der Waals surface area (Å²) in [5.41, 5.74) is 0.439. The number of methoxy groups -OCH3 is 1. The van der Waals surface area contributed by atoms with Gasteiger partial charge in [0.15, 0.2) is 10.8 Å². The van der Waals surface area contributed by atoms with Crippen molar-refractivity contribution in [3.8, 4) is 0 Å². The summed E-state index contributed by atoms with van der Waals surface area (Å²) in [6.45, 7) is 4.02. The quantitative estimate of drug-likeness (QED) is 0.788. The molecule has 0 bridgehead atoms. The molecule has 5 nitrogen and oxygen atoms in total. The van der Waals surface area contributed by atoms with E-state index in [1.165, 1.54) is 26.5 Å². The van der Waals surface area contributed by atoms with Crippen molar-refractivity contribution in [2.45, 2.75) is 25.8 Å². The van der Waals surface area contributed by atoms with Crippen LogP contribution in [-0.2, 0) is 4.74 Å². The number of thiazole rings is 1. The maximum absolute atomic E-state index is 11.6. The number of carbonyl (C=O) groups is 1. The number of ether oxygens (including phenoxy) is 1. The highest BCUT2D eigenvalue weighted by Gasteiger charge is 2.24. The Morgan fingerprint density at radius 1 is 1.63 bits per heavy atom. The average Bonchev–Trinajstić information content (AvgIpc) is 2.95. The van der Waals surface area contributed by atoms with Gasteiger partial charge in [-0.05, 0) is 33.4 Å². The third-order valence-corrected chi connectivity index (χ3v) is 4.73. The zero-order valence-corrected chi connectivity index (χ0v) is 12.8. The number of aryl methyl sites for hydroxylation is 1. The number of esters is 1. The normalized spacial score (nSPS) is 19.7. The van der Waals surface area contributed by atoms with Crippen molar-refractivity contribution in [2.75, 3.05) is 39.2 Å². The molecule has 1 aliphatic rings. The molecule has 0 aromatic carbocycles. The van der Waals surface area contributed by atoms with E-state index in [0.29, 0.717) is 11.7 Å². The molecule has 1 unspecified atom stereocenters. The van der Waals surface area contributed by atoms with Crippen LogP contribution >= 0.6 is 11.3 Å². The lowest BCUT2D eigenvalue weighted by Crippen LogP contribution is -2.36. The molecule has 0 saturated carbocycles. The van der Waals surface area contributed by atoms with Gasteiger partial charge in [-0.25, -0.2) is 9.78 Å². The molecule has 0 amide bonds. The fourth-order valence-corrected chi connectivity index (χ4v) is 3.30. The standard InChI is InChI=1S/C13H21N3O2S/c1-9-11(12(17)18-4)14-13(19-9)16(3)8-10-6-5-7-15(10)2/h10H,5-8H2,1-4H3. The first-order chi connectivity index (χ1) is 9.02. The van der Waals surface area contributed by atoms with Gasteiger partial charge in [-0.2, -0.15) is 0 Å². The number of carbonyl (C=O) groups excluding carboxylic acids is 1. The number of hydrogen-bond donors (Lipinski definition) is 0. The Hall–Kier alpha value is -1.14. The van der Waals surface area contributed by atoms with Gasteiger partial charge in [-0.1, -0.05) is 0 Å². The molecule has 1 fully saturated rings. The summed E-state index contributed by atoms with van der Waals surface area (Å²) in [4.78, 5) is 21.4. The highest BCUT2D eigenvalue weighted by atomic mass is 32.1. The Morgan fingerprint density at radius 2 is 2.37 bits per heavy atom. The van der Waals surface area contributed by atoms with Crippen LogP contribution in [-0.4, -0.2) is 56.2 Å². The van der Waals surface area contributed by atoms with E-state index in [1.807, 2.05) is 14.0 Å². The van der Waals surface area contributed by atoms with Gasteiger partial charge in [0.2, 0.25) is 0 Å². The molecule has 2 rings (SSSR count). The fourth-order valence-electron chi connectivity index (χ4n) is 2.44. The highest BCUT2D eigenvalue weighted by Crippen LogP contribution is 2.26. The van der Waals surface area contributed by atoms with Gasteiger partial charge in [0.25, 0.3) is 0 Å². The summed E-state index contributed by atoms with van der Waals surface area (Å²) in [5.74, 6) is -0.355.